The molecule has 1 aromatic rings. The number of nitrogens with zero attached hydrogens (tertiary/aromatic N) is 1. The van der Waals surface area contributed by atoms with Gasteiger partial charge in [-0.05, 0) is 50.9 Å². The molecule has 0 aliphatic carbocycles. The summed E-state index contributed by atoms with van der Waals surface area (Å²) in [5.41, 5.74) is 0.159. The van der Waals surface area contributed by atoms with E-state index in [-0.39, 0.29) is 18.0 Å². The summed E-state index contributed by atoms with van der Waals surface area (Å²) in [6.07, 6.45) is 1.71. The molecule has 25 heavy (non-hydrogen) atoms. The van der Waals surface area contributed by atoms with E-state index >= 15 is 0 Å². The topological polar surface area (TPSA) is 71.4 Å². The van der Waals surface area contributed by atoms with Crippen LogP contribution in [0.25, 0.3) is 6.08 Å². The Bertz CT molecular complexity index is 737. The van der Waals surface area contributed by atoms with Crippen LogP contribution in [0.1, 0.15) is 45.7 Å². The first-order chi connectivity index (χ1) is 11.6. The fourth-order valence-electron chi connectivity index (χ4n) is 2.35. The summed E-state index contributed by atoms with van der Waals surface area (Å²) in [5.74, 6) is -0.780. The number of nitrogens with one attached hydrogen (secondary N) is 1. The van der Waals surface area contributed by atoms with Gasteiger partial charge in [-0.1, -0.05) is 12.1 Å². The molecule has 1 amide bonds. The molecule has 5 nitrogen and oxygen atoms in total. The second kappa shape index (κ2) is 6.99. The quantitative estimate of drug-likeness (QED) is 0.853. The lowest BCUT2D eigenvalue weighted by atomic mass is 9.77. The molecule has 1 heterocycles. The SMILES string of the molecule is CC(=O)NCC(=Cc1ccc(C#N)c(F)c1)B1OC(C)(C)C(C)(C)O1. The Labute approximate surface area is 148 Å². The van der Waals surface area contributed by atoms with Crippen LogP contribution < -0.4 is 5.32 Å². The van der Waals surface area contributed by atoms with Gasteiger partial charge in [0.15, 0.2) is 0 Å². The maximum absolute atomic E-state index is 13.9. The zero-order valence-corrected chi connectivity index (χ0v) is 15.1. The molecule has 0 spiro atoms. The molecule has 0 saturated carbocycles. The fourth-order valence-corrected chi connectivity index (χ4v) is 2.35. The molecule has 132 valence electrons. The van der Waals surface area contributed by atoms with Crippen LogP contribution in [-0.2, 0) is 14.1 Å². The zero-order valence-electron chi connectivity index (χ0n) is 15.1. The van der Waals surface area contributed by atoms with Gasteiger partial charge in [-0.3, -0.25) is 4.79 Å². The summed E-state index contributed by atoms with van der Waals surface area (Å²) >= 11 is 0. The van der Waals surface area contributed by atoms with E-state index in [0.29, 0.717) is 11.0 Å². The number of halogens is 1. The molecule has 0 radical (unpaired) electrons. The molecular weight excluding hydrogens is 322 g/mol. The van der Waals surface area contributed by atoms with Crippen molar-refractivity contribution in [2.24, 2.45) is 0 Å². The van der Waals surface area contributed by atoms with Crippen LogP contribution >= 0.6 is 0 Å². The summed E-state index contributed by atoms with van der Waals surface area (Å²) in [5, 5.41) is 11.6. The van der Waals surface area contributed by atoms with Gasteiger partial charge in [0.05, 0.1) is 16.8 Å². The van der Waals surface area contributed by atoms with E-state index in [1.54, 1.807) is 18.2 Å². The lowest BCUT2D eigenvalue weighted by Crippen LogP contribution is -2.41. The number of nitriles is 1. The molecule has 2 rings (SSSR count). The predicted molar refractivity (Wildman–Crippen MR) is 93.9 cm³/mol. The first kappa shape index (κ1) is 19.2. The van der Waals surface area contributed by atoms with Crippen LogP contribution in [0.4, 0.5) is 4.39 Å². The van der Waals surface area contributed by atoms with Crippen LogP contribution in [0.15, 0.2) is 23.7 Å². The molecular formula is C18H22BFN2O3. The van der Waals surface area contributed by atoms with E-state index in [9.17, 15) is 9.18 Å². The molecule has 0 aromatic heterocycles. The minimum atomic E-state index is -0.657. The maximum atomic E-state index is 13.9. The van der Waals surface area contributed by atoms with Crippen molar-refractivity contribution < 1.29 is 18.5 Å². The highest BCUT2D eigenvalue weighted by Gasteiger charge is 2.52. The molecule has 1 aromatic carbocycles. The molecule has 1 saturated heterocycles. The number of rotatable bonds is 4. The van der Waals surface area contributed by atoms with Gasteiger partial charge in [0.2, 0.25) is 5.91 Å². The van der Waals surface area contributed by atoms with Gasteiger partial charge in [0.25, 0.3) is 0 Å². The van der Waals surface area contributed by atoms with Crippen LogP contribution in [0.5, 0.6) is 0 Å². The number of benzene rings is 1. The molecule has 1 N–H and O–H groups in total. The number of hydrogen-bond acceptors (Lipinski definition) is 4. The Morgan fingerprint density at radius 1 is 1.32 bits per heavy atom. The summed E-state index contributed by atoms with van der Waals surface area (Å²) in [6.45, 7) is 9.38. The third kappa shape index (κ3) is 4.27. The number of hydrogen-bond donors (Lipinski definition) is 1. The zero-order chi connectivity index (χ0) is 18.8. The van der Waals surface area contributed by atoms with Gasteiger partial charge in [0, 0.05) is 13.5 Å². The summed E-state index contributed by atoms with van der Waals surface area (Å²) in [4.78, 5) is 11.3. The molecule has 0 atom stereocenters. The van der Waals surface area contributed by atoms with E-state index in [4.69, 9.17) is 14.6 Å². The Balaban J connectivity index is 2.35. The number of amides is 1. The lowest BCUT2D eigenvalue weighted by molar-refractivity contribution is -0.118. The van der Waals surface area contributed by atoms with E-state index in [1.807, 2.05) is 27.7 Å². The van der Waals surface area contributed by atoms with Gasteiger partial charge in [-0.15, -0.1) is 0 Å². The third-order valence-electron chi connectivity index (χ3n) is 4.56. The van der Waals surface area contributed by atoms with Crippen molar-refractivity contribution in [1.82, 2.24) is 5.32 Å². The largest absolute Gasteiger partial charge is 0.492 e. The predicted octanol–water partition coefficient (Wildman–Crippen LogP) is 2.85. The Hall–Kier alpha value is -2.17. The average molecular weight is 344 g/mol. The fraction of sp³-hybridized carbons (Fsp3) is 0.444. The van der Waals surface area contributed by atoms with Crippen LogP contribution in [0.2, 0.25) is 0 Å². The highest BCUT2D eigenvalue weighted by atomic mass is 19.1. The van der Waals surface area contributed by atoms with E-state index in [0.717, 1.165) is 0 Å². The van der Waals surface area contributed by atoms with Crippen LogP contribution in [-0.4, -0.2) is 30.8 Å². The monoisotopic (exact) mass is 344 g/mol. The summed E-state index contributed by atoms with van der Waals surface area (Å²) < 4.78 is 25.9. The highest BCUT2D eigenvalue weighted by Crippen LogP contribution is 2.38. The summed E-state index contributed by atoms with van der Waals surface area (Å²) in [7, 11) is -0.657. The van der Waals surface area contributed by atoms with Gasteiger partial charge >= 0.3 is 7.12 Å². The second-order valence-electron chi connectivity index (χ2n) is 7.07. The van der Waals surface area contributed by atoms with Crippen molar-refractivity contribution in [2.45, 2.75) is 45.8 Å². The van der Waals surface area contributed by atoms with E-state index in [2.05, 4.69) is 5.32 Å². The number of carbonyl (C=O) groups excluding carboxylic acids is 1. The molecule has 7 heteroatoms. The first-order valence-electron chi connectivity index (χ1n) is 8.06. The van der Waals surface area contributed by atoms with E-state index in [1.165, 1.54) is 19.1 Å². The molecule has 1 aliphatic rings. The lowest BCUT2D eigenvalue weighted by Gasteiger charge is -2.32. The van der Waals surface area contributed by atoms with Crippen molar-refractivity contribution in [3.63, 3.8) is 0 Å². The van der Waals surface area contributed by atoms with Gasteiger partial charge < -0.3 is 14.6 Å². The first-order valence-corrected chi connectivity index (χ1v) is 8.06. The maximum Gasteiger partial charge on any atom is 0.492 e. The van der Waals surface area contributed by atoms with Crippen molar-refractivity contribution in [3.05, 3.63) is 40.6 Å². The Kier molecular flexibility index (Phi) is 5.35. The average Bonchev–Trinajstić information content (AvgIpc) is 2.71. The smallest absolute Gasteiger partial charge is 0.400 e. The normalized spacial score (nSPS) is 18.8. The minimum Gasteiger partial charge on any atom is -0.400 e. The molecule has 1 fully saturated rings. The minimum absolute atomic E-state index is 0.0174. The second-order valence-corrected chi connectivity index (χ2v) is 7.07. The van der Waals surface area contributed by atoms with Crippen LogP contribution in [0, 0.1) is 17.1 Å². The van der Waals surface area contributed by atoms with Crippen molar-refractivity contribution >= 4 is 19.1 Å². The Morgan fingerprint density at radius 3 is 2.40 bits per heavy atom. The van der Waals surface area contributed by atoms with Crippen molar-refractivity contribution in [1.29, 1.82) is 5.26 Å². The van der Waals surface area contributed by atoms with Crippen molar-refractivity contribution in [2.75, 3.05) is 6.54 Å². The van der Waals surface area contributed by atoms with Gasteiger partial charge in [0.1, 0.15) is 11.9 Å². The summed E-state index contributed by atoms with van der Waals surface area (Å²) in [6, 6.07) is 6.12. The number of carbonyl (C=O) groups is 1. The molecule has 0 bridgehead atoms. The third-order valence-corrected chi connectivity index (χ3v) is 4.56. The van der Waals surface area contributed by atoms with E-state index < -0.39 is 24.1 Å². The molecule has 0 unspecified atom stereocenters. The Morgan fingerprint density at radius 2 is 1.92 bits per heavy atom. The van der Waals surface area contributed by atoms with Crippen LogP contribution in [0.3, 0.4) is 0 Å². The molecule has 1 aliphatic heterocycles. The highest BCUT2D eigenvalue weighted by molar-refractivity contribution is 6.56. The van der Waals surface area contributed by atoms with Gasteiger partial charge in [-0.2, -0.15) is 5.26 Å². The standard InChI is InChI=1S/C18H22BFN2O3/c1-12(23)22-11-15(19-24-17(2,3)18(4,5)25-19)8-13-6-7-14(10-21)16(20)9-13/h6-9H,11H2,1-5H3,(H,22,23). The van der Waals surface area contributed by atoms with Crippen molar-refractivity contribution in [3.8, 4) is 6.07 Å². The van der Waals surface area contributed by atoms with Gasteiger partial charge in [-0.25, -0.2) is 4.39 Å².